The van der Waals surface area contributed by atoms with Crippen LogP contribution in [0.5, 0.6) is 0 Å². The maximum atomic E-state index is 15.2. The highest BCUT2D eigenvalue weighted by molar-refractivity contribution is 7.08. The lowest BCUT2D eigenvalue weighted by molar-refractivity contribution is -0.0434. The third-order valence-corrected chi connectivity index (χ3v) is 6.65. The van der Waals surface area contributed by atoms with Crippen LogP contribution < -0.4 is 10.3 Å². The standard InChI is InChI=1S/C23H22FN7O7S/c1-3-37-21(35)15-6-16(22(36)38-4-2)31(28-15)11-7-29(8-11)19-14(24)5-12-17(32)13(20(33)34)9-30(18(12)27-19)23-25-10-26-39-23/h5-6,9-11,20,33-34H,3-4,7-8H2,1-2H3. The van der Waals surface area contributed by atoms with Crippen molar-refractivity contribution in [3.05, 3.63) is 57.6 Å². The zero-order chi connectivity index (χ0) is 27.8. The Morgan fingerprint density at radius 2 is 1.90 bits per heavy atom. The fraction of sp³-hybridized carbons (Fsp3) is 0.348. The van der Waals surface area contributed by atoms with Crippen molar-refractivity contribution in [3.63, 3.8) is 0 Å². The molecule has 0 unspecified atom stereocenters. The number of anilines is 1. The van der Waals surface area contributed by atoms with E-state index in [0.717, 1.165) is 17.6 Å². The lowest BCUT2D eigenvalue weighted by Crippen LogP contribution is -2.49. The van der Waals surface area contributed by atoms with Crippen molar-refractivity contribution < 1.29 is 33.7 Å². The van der Waals surface area contributed by atoms with E-state index < -0.39 is 35.5 Å². The number of fused-ring (bicyclic) bond motifs is 1. The summed E-state index contributed by atoms with van der Waals surface area (Å²) >= 11 is 0.965. The molecule has 4 aromatic rings. The molecule has 1 fully saturated rings. The van der Waals surface area contributed by atoms with Crippen LogP contribution in [-0.4, -0.2) is 77.1 Å². The molecule has 5 rings (SSSR count). The van der Waals surface area contributed by atoms with Gasteiger partial charge in [-0.2, -0.15) is 9.47 Å². The van der Waals surface area contributed by atoms with Crippen molar-refractivity contribution in [2.24, 2.45) is 0 Å². The lowest BCUT2D eigenvalue weighted by Gasteiger charge is -2.40. The van der Waals surface area contributed by atoms with Crippen molar-refractivity contribution in [3.8, 4) is 5.13 Å². The van der Waals surface area contributed by atoms with Crippen LogP contribution in [-0.2, 0) is 9.47 Å². The number of pyridine rings is 2. The quantitative estimate of drug-likeness (QED) is 0.232. The summed E-state index contributed by atoms with van der Waals surface area (Å²) in [6.07, 6.45) is 0.358. The van der Waals surface area contributed by atoms with Crippen LogP contribution in [0.4, 0.5) is 10.2 Å². The molecule has 16 heteroatoms. The minimum Gasteiger partial charge on any atom is -0.461 e. The summed E-state index contributed by atoms with van der Waals surface area (Å²) in [6, 6.07) is 1.84. The number of aromatic nitrogens is 6. The SMILES string of the molecule is CCOC(=O)c1cc(C(=O)OCC)n(C2CN(c3nc4c(cc3F)c(=O)c(C(O)O)cn4-c3ncns3)C2)n1. The molecule has 39 heavy (non-hydrogen) atoms. The lowest BCUT2D eigenvalue weighted by atomic mass is 10.1. The van der Waals surface area contributed by atoms with Gasteiger partial charge in [-0.3, -0.25) is 14.0 Å². The molecule has 14 nitrogen and oxygen atoms in total. The van der Waals surface area contributed by atoms with Crippen LogP contribution in [0.2, 0.25) is 0 Å². The molecule has 1 saturated heterocycles. The predicted octanol–water partition coefficient (Wildman–Crippen LogP) is 0.971. The Morgan fingerprint density at radius 3 is 2.54 bits per heavy atom. The highest BCUT2D eigenvalue weighted by Gasteiger charge is 2.36. The highest BCUT2D eigenvalue weighted by atomic mass is 32.1. The number of carbonyl (C=O) groups is 2. The van der Waals surface area contributed by atoms with Gasteiger partial charge in [0.25, 0.3) is 0 Å². The third-order valence-electron chi connectivity index (χ3n) is 5.99. The van der Waals surface area contributed by atoms with E-state index in [9.17, 15) is 24.6 Å². The van der Waals surface area contributed by atoms with E-state index in [1.807, 2.05) is 0 Å². The number of carbonyl (C=O) groups excluding carboxylic acids is 2. The number of hydrogen-bond donors (Lipinski definition) is 2. The first-order chi connectivity index (χ1) is 18.7. The Morgan fingerprint density at radius 1 is 1.18 bits per heavy atom. The molecule has 2 N–H and O–H groups in total. The van der Waals surface area contributed by atoms with Gasteiger partial charge in [-0.25, -0.2) is 23.9 Å². The van der Waals surface area contributed by atoms with E-state index >= 15 is 4.39 Å². The molecule has 0 bridgehead atoms. The van der Waals surface area contributed by atoms with E-state index in [-0.39, 0.29) is 65.2 Å². The van der Waals surface area contributed by atoms with Crippen molar-refractivity contribution >= 4 is 40.3 Å². The van der Waals surface area contributed by atoms with Gasteiger partial charge in [0.2, 0.25) is 5.13 Å². The van der Waals surface area contributed by atoms with Crippen molar-refractivity contribution in [1.29, 1.82) is 0 Å². The molecule has 204 valence electrons. The largest absolute Gasteiger partial charge is 0.461 e. The molecular weight excluding hydrogens is 537 g/mol. The molecule has 1 aliphatic rings. The van der Waals surface area contributed by atoms with E-state index in [1.54, 1.807) is 18.7 Å². The molecule has 0 aliphatic carbocycles. The molecular formula is C23H22FN7O7S. The maximum absolute atomic E-state index is 15.2. The zero-order valence-electron chi connectivity index (χ0n) is 20.6. The Kier molecular flexibility index (Phi) is 7.07. The summed E-state index contributed by atoms with van der Waals surface area (Å²) < 4.78 is 31.9. The first kappa shape index (κ1) is 26.3. The van der Waals surface area contributed by atoms with Crippen LogP contribution in [0, 0.1) is 5.82 Å². The van der Waals surface area contributed by atoms with Crippen molar-refractivity contribution in [2.45, 2.75) is 26.2 Å². The predicted molar refractivity (Wildman–Crippen MR) is 133 cm³/mol. The van der Waals surface area contributed by atoms with Gasteiger partial charge >= 0.3 is 11.9 Å². The van der Waals surface area contributed by atoms with Crippen LogP contribution in [0.3, 0.4) is 0 Å². The number of nitrogens with zero attached hydrogens (tertiary/aromatic N) is 7. The monoisotopic (exact) mass is 559 g/mol. The van der Waals surface area contributed by atoms with Crippen LogP contribution >= 0.6 is 11.5 Å². The molecule has 0 saturated carbocycles. The second-order valence-electron chi connectivity index (χ2n) is 8.41. The number of halogens is 1. The first-order valence-corrected chi connectivity index (χ1v) is 12.6. The zero-order valence-corrected chi connectivity index (χ0v) is 21.5. The number of hydrogen-bond acceptors (Lipinski definition) is 13. The molecule has 0 spiro atoms. The van der Waals surface area contributed by atoms with Gasteiger partial charge in [0.1, 0.15) is 12.0 Å². The van der Waals surface area contributed by atoms with Gasteiger partial charge in [0.05, 0.1) is 30.2 Å². The molecule has 0 atom stereocenters. The summed E-state index contributed by atoms with van der Waals surface area (Å²) in [5, 5.41) is 23.7. The normalized spacial score (nSPS) is 13.6. The second-order valence-corrected chi connectivity index (χ2v) is 9.16. The molecule has 4 aromatic heterocycles. The Hall–Kier alpha value is -4.28. The summed E-state index contributed by atoms with van der Waals surface area (Å²) in [4.78, 5) is 47.6. The van der Waals surface area contributed by atoms with Gasteiger partial charge in [-0.1, -0.05) is 0 Å². The first-order valence-electron chi connectivity index (χ1n) is 11.8. The summed E-state index contributed by atoms with van der Waals surface area (Å²) in [7, 11) is 0. The smallest absolute Gasteiger partial charge is 0.358 e. The second kappa shape index (κ2) is 10.5. The van der Waals surface area contributed by atoms with Crippen molar-refractivity contribution in [2.75, 3.05) is 31.2 Å². The van der Waals surface area contributed by atoms with E-state index in [0.29, 0.717) is 0 Å². The average Bonchev–Trinajstić information content (AvgIpc) is 3.55. The molecule has 5 heterocycles. The van der Waals surface area contributed by atoms with Gasteiger partial charge in [0.15, 0.2) is 34.7 Å². The number of rotatable bonds is 8. The van der Waals surface area contributed by atoms with Gasteiger partial charge in [-0.05, 0) is 19.9 Å². The van der Waals surface area contributed by atoms with E-state index in [1.165, 1.54) is 27.8 Å². The number of ether oxygens (including phenoxy) is 2. The Labute approximate surface area is 223 Å². The molecule has 0 radical (unpaired) electrons. The van der Waals surface area contributed by atoms with E-state index in [4.69, 9.17) is 9.47 Å². The fourth-order valence-electron chi connectivity index (χ4n) is 4.18. The van der Waals surface area contributed by atoms with Crippen LogP contribution in [0.15, 0.2) is 29.5 Å². The highest BCUT2D eigenvalue weighted by Crippen LogP contribution is 2.32. The van der Waals surface area contributed by atoms with Gasteiger partial charge < -0.3 is 24.6 Å². The summed E-state index contributed by atoms with van der Waals surface area (Å²) in [5.74, 6) is -2.26. The van der Waals surface area contributed by atoms with Crippen LogP contribution in [0.1, 0.15) is 52.7 Å². The Balaban J connectivity index is 1.51. The number of aliphatic hydroxyl groups is 2. The molecule has 0 amide bonds. The minimum absolute atomic E-state index is 0.0388. The molecule has 1 aliphatic heterocycles. The topological polar surface area (TPSA) is 175 Å². The third kappa shape index (κ3) is 4.73. The summed E-state index contributed by atoms with van der Waals surface area (Å²) in [6.45, 7) is 3.88. The maximum Gasteiger partial charge on any atom is 0.358 e. The van der Waals surface area contributed by atoms with Gasteiger partial charge in [0, 0.05) is 36.9 Å². The number of esters is 2. The van der Waals surface area contributed by atoms with Crippen LogP contribution in [0.25, 0.3) is 16.2 Å². The fourth-order valence-corrected chi connectivity index (χ4v) is 4.69. The van der Waals surface area contributed by atoms with Gasteiger partial charge in [-0.15, -0.1) is 0 Å². The minimum atomic E-state index is -2.10. The average molecular weight is 560 g/mol. The Bertz CT molecular complexity index is 1610. The van der Waals surface area contributed by atoms with E-state index in [2.05, 4.69) is 19.4 Å². The van der Waals surface area contributed by atoms with Crippen molar-refractivity contribution in [1.82, 2.24) is 28.7 Å². The summed E-state index contributed by atoms with van der Waals surface area (Å²) in [5.41, 5.74) is -1.13. The number of aliphatic hydroxyl groups excluding tert-OH is 1. The molecule has 0 aromatic carbocycles.